The van der Waals surface area contributed by atoms with Crippen LogP contribution in [-0.4, -0.2) is 59.7 Å². The summed E-state index contributed by atoms with van der Waals surface area (Å²) in [7, 11) is 0.488. The molecule has 0 aliphatic carbocycles. The lowest BCUT2D eigenvalue weighted by Gasteiger charge is -2.28. The molecule has 1 saturated heterocycles. The third-order valence-electron chi connectivity index (χ3n) is 3.93. The maximum absolute atomic E-state index is 14.0. The molecular formula is C14H22BFN2O2. The monoisotopic (exact) mass is 280 g/mol. The Kier molecular flexibility index (Phi) is 5.15. The van der Waals surface area contributed by atoms with E-state index < -0.39 is 7.12 Å². The molecule has 2 rings (SSSR count). The summed E-state index contributed by atoms with van der Waals surface area (Å²) in [6.07, 6.45) is 1.08. The van der Waals surface area contributed by atoms with Crippen molar-refractivity contribution in [2.75, 3.05) is 26.7 Å². The Morgan fingerprint density at radius 1 is 1.35 bits per heavy atom. The van der Waals surface area contributed by atoms with Gasteiger partial charge in [-0.3, -0.25) is 4.90 Å². The first-order chi connectivity index (χ1) is 9.47. The summed E-state index contributed by atoms with van der Waals surface area (Å²) in [5.41, 5.74) is 0.792. The fourth-order valence-corrected chi connectivity index (χ4v) is 2.73. The van der Waals surface area contributed by atoms with Crippen LogP contribution in [0, 0.1) is 5.82 Å². The van der Waals surface area contributed by atoms with Gasteiger partial charge < -0.3 is 14.9 Å². The molecule has 4 nitrogen and oxygen atoms in total. The normalized spacial score (nSPS) is 21.8. The second-order valence-electron chi connectivity index (χ2n) is 5.66. The van der Waals surface area contributed by atoms with Crippen LogP contribution in [0.3, 0.4) is 0 Å². The summed E-state index contributed by atoms with van der Waals surface area (Å²) in [6, 6.07) is 4.79. The topological polar surface area (TPSA) is 46.9 Å². The molecule has 0 bridgehead atoms. The summed E-state index contributed by atoms with van der Waals surface area (Å²) < 4.78 is 14.0. The minimum Gasteiger partial charge on any atom is -0.423 e. The van der Waals surface area contributed by atoms with E-state index in [1.807, 2.05) is 0 Å². The average Bonchev–Trinajstić information content (AvgIpc) is 2.53. The summed E-state index contributed by atoms with van der Waals surface area (Å²) in [5, 5.41) is 18.1. The van der Waals surface area contributed by atoms with Gasteiger partial charge in [-0.15, -0.1) is 0 Å². The Morgan fingerprint density at radius 2 is 2.10 bits per heavy atom. The van der Waals surface area contributed by atoms with Crippen molar-refractivity contribution in [1.82, 2.24) is 9.80 Å². The number of nitrogens with zero attached hydrogens (tertiary/aromatic N) is 2. The van der Waals surface area contributed by atoms with Crippen molar-refractivity contribution in [3.05, 3.63) is 29.6 Å². The summed E-state index contributed by atoms with van der Waals surface area (Å²) in [4.78, 5) is 4.57. The van der Waals surface area contributed by atoms with E-state index in [1.54, 1.807) is 12.1 Å². The molecule has 1 atom stereocenters. The van der Waals surface area contributed by atoms with E-state index in [2.05, 4.69) is 23.8 Å². The molecule has 1 aliphatic rings. The number of halogens is 1. The van der Waals surface area contributed by atoms with Gasteiger partial charge in [-0.1, -0.05) is 12.1 Å². The highest BCUT2D eigenvalue weighted by molar-refractivity contribution is 6.58. The van der Waals surface area contributed by atoms with Gasteiger partial charge in [0, 0.05) is 31.2 Å². The first-order valence-corrected chi connectivity index (χ1v) is 7.04. The fraction of sp³-hybridized carbons (Fsp3) is 0.571. The zero-order chi connectivity index (χ0) is 14.7. The molecule has 1 heterocycles. The number of benzene rings is 1. The second kappa shape index (κ2) is 6.67. The third kappa shape index (κ3) is 3.79. The Labute approximate surface area is 120 Å². The molecule has 2 N–H and O–H groups in total. The molecule has 0 aromatic heterocycles. The van der Waals surface area contributed by atoms with E-state index in [9.17, 15) is 4.39 Å². The van der Waals surface area contributed by atoms with Crippen molar-refractivity contribution in [1.29, 1.82) is 0 Å². The molecule has 20 heavy (non-hydrogen) atoms. The quantitative estimate of drug-likeness (QED) is 0.767. The molecule has 1 unspecified atom stereocenters. The highest BCUT2D eigenvalue weighted by Crippen LogP contribution is 2.15. The molecule has 0 radical (unpaired) electrons. The van der Waals surface area contributed by atoms with Gasteiger partial charge in [0.1, 0.15) is 5.82 Å². The fourth-order valence-electron chi connectivity index (χ4n) is 2.73. The number of hydrogen-bond donors (Lipinski definition) is 2. The van der Waals surface area contributed by atoms with Crippen LogP contribution in [0.15, 0.2) is 18.2 Å². The SMILES string of the molecule is CC1CN(C)CCCN1Cc1ccc(B(O)O)cc1F. The van der Waals surface area contributed by atoms with Gasteiger partial charge in [-0.2, -0.15) is 0 Å². The van der Waals surface area contributed by atoms with Gasteiger partial charge >= 0.3 is 7.12 Å². The van der Waals surface area contributed by atoms with Gasteiger partial charge in [-0.05, 0) is 38.5 Å². The number of hydrogen-bond acceptors (Lipinski definition) is 4. The van der Waals surface area contributed by atoms with Gasteiger partial charge in [0.2, 0.25) is 0 Å². The van der Waals surface area contributed by atoms with Crippen molar-refractivity contribution in [3.8, 4) is 0 Å². The van der Waals surface area contributed by atoms with Crippen LogP contribution in [-0.2, 0) is 6.54 Å². The Morgan fingerprint density at radius 3 is 2.75 bits per heavy atom. The lowest BCUT2D eigenvalue weighted by Crippen LogP contribution is -2.38. The van der Waals surface area contributed by atoms with Crippen LogP contribution < -0.4 is 5.46 Å². The minimum absolute atomic E-state index is 0.190. The smallest absolute Gasteiger partial charge is 0.423 e. The first-order valence-electron chi connectivity index (χ1n) is 7.04. The summed E-state index contributed by atoms with van der Waals surface area (Å²) in [6.45, 7) is 5.72. The summed E-state index contributed by atoms with van der Waals surface area (Å²) in [5.74, 6) is -0.375. The van der Waals surface area contributed by atoms with Crippen molar-refractivity contribution in [2.45, 2.75) is 25.9 Å². The maximum Gasteiger partial charge on any atom is 0.488 e. The van der Waals surface area contributed by atoms with E-state index in [4.69, 9.17) is 10.0 Å². The largest absolute Gasteiger partial charge is 0.488 e. The standard InChI is InChI=1S/C14H22BFN2O2/c1-11-9-17(2)6-3-7-18(11)10-12-4-5-13(15(19)20)8-14(12)16/h4-5,8,11,19-20H,3,6-7,9-10H2,1-2H3. The Bertz CT molecular complexity index is 459. The number of likely N-dealkylation sites (N-methyl/N-ethyl adjacent to an activating group) is 1. The number of rotatable bonds is 3. The third-order valence-corrected chi connectivity index (χ3v) is 3.93. The Balaban J connectivity index is 2.09. The van der Waals surface area contributed by atoms with Gasteiger partial charge in [0.15, 0.2) is 0 Å². The van der Waals surface area contributed by atoms with Crippen LogP contribution in [0.1, 0.15) is 18.9 Å². The van der Waals surface area contributed by atoms with Crippen LogP contribution in [0.4, 0.5) is 4.39 Å². The van der Waals surface area contributed by atoms with E-state index in [-0.39, 0.29) is 11.3 Å². The van der Waals surface area contributed by atoms with Crippen LogP contribution in [0.2, 0.25) is 0 Å². The van der Waals surface area contributed by atoms with Crippen molar-refractivity contribution < 1.29 is 14.4 Å². The van der Waals surface area contributed by atoms with E-state index in [0.29, 0.717) is 18.2 Å². The molecule has 6 heteroatoms. The predicted molar refractivity (Wildman–Crippen MR) is 78.2 cm³/mol. The lowest BCUT2D eigenvalue weighted by molar-refractivity contribution is 0.192. The highest BCUT2D eigenvalue weighted by atomic mass is 19.1. The lowest BCUT2D eigenvalue weighted by atomic mass is 9.80. The molecule has 1 aliphatic heterocycles. The van der Waals surface area contributed by atoms with Gasteiger partial charge in [-0.25, -0.2) is 4.39 Å². The van der Waals surface area contributed by atoms with Crippen molar-refractivity contribution >= 4 is 12.6 Å². The molecule has 0 spiro atoms. The van der Waals surface area contributed by atoms with Crippen LogP contribution >= 0.6 is 0 Å². The zero-order valence-corrected chi connectivity index (χ0v) is 12.1. The zero-order valence-electron chi connectivity index (χ0n) is 12.1. The van der Waals surface area contributed by atoms with Crippen LogP contribution in [0.25, 0.3) is 0 Å². The van der Waals surface area contributed by atoms with Crippen LogP contribution in [0.5, 0.6) is 0 Å². The van der Waals surface area contributed by atoms with Gasteiger partial charge in [0.25, 0.3) is 0 Å². The van der Waals surface area contributed by atoms with E-state index in [1.165, 1.54) is 6.07 Å². The molecular weight excluding hydrogens is 258 g/mol. The van der Waals surface area contributed by atoms with E-state index >= 15 is 0 Å². The Hall–Kier alpha value is -0.945. The first kappa shape index (κ1) is 15.4. The molecule has 1 fully saturated rings. The molecule has 1 aromatic rings. The van der Waals surface area contributed by atoms with Gasteiger partial charge in [0.05, 0.1) is 0 Å². The molecule has 0 saturated carbocycles. The van der Waals surface area contributed by atoms with Crippen molar-refractivity contribution in [3.63, 3.8) is 0 Å². The van der Waals surface area contributed by atoms with Crippen molar-refractivity contribution in [2.24, 2.45) is 0 Å². The molecule has 110 valence electrons. The molecule has 1 aromatic carbocycles. The predicted octanol–water partition coefficient (Wildman–Crippen LogP) is 0.0315. The minimum atomic E-state index is -1.62. The maximum atomic E-state index is 14.0. The summed E-state index contributed by atoms with van der Waals surface area (Å²) >= 11 is 0. The highest BCUT2D eigenvalue weighted by Gasteiger charge is 2.21. The second-order valence-corrected chi connectivity index (χ2v) is 5.66. The molecule has 0 amide bonds. The average molecular weight is 280 g/mol. The van der Waals surface area contributed by atoms with E-state index in [0.717, 1.165) is 26.1 Å².